The zero-order valence-electron chi connectivity index (χ0n) is 11.9. The summed E-state index contributed by atoms with van der Waals surface area (Å²) in [6.07, 6.45) is 0.538. The Kier molecular flexibility index (Phi) is 3.88. The minimum Gasteiger partial charge on any atom is -0.481 e. The highest BCUT2D eigenvalue weighted by Gasteiger charge is 2.55. The van der Waals surface area contributed by atoms with Crippen LogP contribution in [-0.4, -0.2) is 35.1 Å². The molecule has 0 saturated carbocycles. The van der Waals surface area contributed by atoms with Gasteiger partial charge in [-0.3, -0.25) is 25.2 Å². The molecule has 0 aromatic carbocycles. The number of thiophene rings is 1. The average Bonchev–Trinajstić information content (AvgIpc) is 3.18. The Hall–Kier alpha value is -1.93. The van der Waals surface area contributed by atoms with Gasteiger partial charge in [0.1, 0.15) is 0 Å². The maximum atomic E-state index is 12.2. The van der Waals surface area contributed by atoms with E-state index in [1.165, 1.54) is 11.3 Å². The Bertz CT molecular complexity index is 629. The van der Waals surface area contributed by atoms with Crippen molar-refractivity contribution < 1.29 is 24.2 Å². The fraction of sp³-hybridized carbons (Fsp3) is 0.500. The summed E-state index contributed by atoms with van der Waals surface area (Å²) >= 11 is 1.28. The quantitative estimate of drug-likeness (QED) is 0.710. The summed E-state index contributed by atoms with van der Waals surface area (Å²) in [5, 5.41) is 11.1. The van der Waals surface area contributed by atoms with Crippen LogP contribution in [0.3, 0.4) is 0 Å². The number of hydrazine groups is 1. The van der Waals surface area contributed by atoms with Crippen LogP contribution in [0.1, 0.15) is 28.1 Å². The van der Waals surface area contributed by atoms with Crippen molar-refractivity contribution in [3.63, 3.8) is 0 Å². The molecule has 1 aromatic rings. The van der Waals surface area contributed by atoms with Gasteiger partial charge in [-0.05, 0) is 36.8 Å². The number of ether oxygens (including phenoxy) is 1. The van der Waals surface area contributed by atoms with E-state index >= 15 is 0 Å². The molecule has 2 amide bonds. The lowest BCUT2D eigenvalue weighted by Crippen LogP contribution is -2.50. The molecule has 2 aliphatic rings. The number of rotatable bonds is 3. The van der Waals surface area contributed by atoms with Gasteiger partial charge in [0, 0.05) is 0 Å². The van der Waals surface area contributed by atoms with E-state index in [9.17, 15) is 19.5 Å². The van der Waals surface area contributed by atoms with Crippen molar-refractivity contribution in [3.8, 4) is 0 Å². The summed E-state index contributed by atoms with van der Waals surface area (Å²) in [4.78, 5) is 36.0. The van der Waals surface area contributed by atoms with E-state index in [1.54, 1.807) is 12.3 Å². The number of amides is 2. The minimum absolute atomic E-state index is 0.383. The first-order chi connectivity index (χ1) is 10.5. The van der Waals surface area contributed by atoms with E-state index < -0.39 is 35.7 Å². The second-order valence-corrected chi connectivity index (χ2v) is 6.47. The van der Waals surface area contributed by atoms with Crippen molar-refractivity contribution in [2.75, 3.05) is 0 Å². The van der Waals surface area contributed by atoms with E-state index in [0.29, 0.717) is 17.7 Å². The monoisotopic (exact) mass is 324 g/mol. The number of aryl methyl sites for hydroxylation is 1. The van der Waals surface area contributed by atoms with E-state index in [1.807, 2.05) is 6.07 Å². The first-order valence-electron chi connectivity index (χ1n) is 7.01. The van der Waals surface area contributed by atoms with Crippen LogP contribution in [0, 0.1) is 18.8 Å². The molecule has 22 heavy (non-hydrogen) atoms. The first-order valence-corrected chi connectivity index (χ1v) is 7.89. The average molecular weight is 324 g/mol. The molecule has 4 atom stereocenters. The number of nitrogens with one attached hydrogen (secondary N) is 2. The van der Waals surface area contributed by atoms with Gasteiger partial charge >= 0.3 is 5.97 Å². The largest absolute Gasteiger partial charge is 0.481 e. The van der Waals surface area contributed by atoms with Gasteiger partial charge in [0.2, 0.25) is 5.91 Å². The molecule has 7 nitrogen and oxygen atoms in total. The van der Waals surface area contributed by atoms with Crippen molar-refractivity contribution in [2.24, 2.45) is 11.8 Å². The third-order valence-electron chi connectivity index (χ3n) is 4.23. The number of hydrogen-bond acceptors (Lipinski definition) is 5. The fourth-order valence-corrected chi connectivity index (χ4v) is 4.01. The van der Waals surface area contributed by atoms with Crippen molar-refractivity contribution in [1.29, 1.82) is 0 Å². The van der Waals surface area contributed by atoms with Gasteiger partial charge < -0.3 is 9.84 Å². The summed E-state index contributed by atoms with van der Waals surface area (Å²) in [7, 11) is 0. The molecular weight excluding hydrogens is 308 g/mol. The highest BCUT2D eigenvalue weighted by molar-refractivity contribution is 7.12. The molecule has 0 spiro atoms. The molecule has 0 radical (unpaired) electrons. The SMILES string of the molecule is Cc1ccsc1C(=O)NNC(=O)[C@H]1[C@@H](C(=O)O)[C@@H]2CC[C@@H]1O2. The molecule has 0 unspecified atom stereocenters. The Morgan fingerprint density at radius 3 is 2.50 bits per heavy atom. The van der Waals surface area contributed by atoms with Crippen LogP contribution in [0.15, 0.2) is 11.4 Å². The van der Waals surface area contributed by atoms with Crippen LogP contribution in [0.5, 0.6) is 0 Å². The number of aliphatic carboxylic acids is 1. The van der Waals surface area contributed by atoms with Gasteiger partial charge in [-0.2, -0.15) is 0 Å². The number of hydrogen-bond donors (Lipinski definition) is 3. The van der Waals surface area contributed by atoms with E-state index in [0.717, 1.165) is 5.56 Å². The maximum Gasteiger partial charge on any atom is 0.310 e. The van der Waals surface area contributed by atoms with Crippen LogP contribution in [0.25, 0.3) is 0 Å². The van der Waals surface area contributed by atoms with Crippen molar-refractivity contribution in [3.05, 3.63) is 21.9 Å². The number of fused-ring (bicyclic) bond motifs is 2. The number of carboxylic acids is 1. The molecule has 3 rings (SSSR count). The Morgan fingerprint density at radius 1 is 1.23 bits per heavy atom. The molecule has 2 fully saturated rings. The van der Waals surface area contributed by atoms with Crippen LogP contribution in [0.2, 0.25) is 0 Å². The Balaban J connectivity index is 1.63. The number of carbonyl (C=O) groups excluding carboxylic acids is 2. The molecule has 2 bridgehead atoms. The highest BCUT2D eigenvalue weighted by Crippen LogP contribution is 2.43. The van der Waals surface area contributed by atoms with Gasteiger partial charge in [0.15, 0.2) is 0 Å². The molecule has 118 valence electrons. The molecule has 3 heterocycles. The molecule has 2 aliphatic heterocycles. The van der Waals surface area contributed by atoms with E-state index in [-0.39, 0.29) is 6.10 Å². The summed E-state index contributed by atoms with van der Waals surface area (Å²) in [6, 6.07) is 1.81. The lowest BCUT2D eigenvalue weighted by molar-refractivity contribution is -0.148. The van der Waals surface area contributed by atoms with Crippen LogP contribution in [-0.2, 0) is 14.3 Å². The zero-order chi connectivity index (χ0) is 15.9. The highest BCUT2D eigenvalue weighted by atomic mass is 32.1. The number of carbonyl (C=O) groups is 3. The minimum atomic E-state index is -1.03. The summed E-state index contributed by atoms with van der Waals surface area (Å²) in [6.45, 7) is 1.80. The van der Waals surface area contributed by atoms with E-state index in [4.69, 9.17) is 4.74 Å². The van der Waals surface area contributed by atoms with Gasteiger partial charge in [0.25, 0.3) is 5.91 Å². The second-order valence-electron chi connectivity index (χ2n) is 5.56. The van der Waals surface area contributed by atoms with Crippen molar-refractivity contribution in [1.82, 2.24) is 10.9 Å². The maximum absolute atomic E-state index is 12.2. The van der Waals surface area contributed by atoms with Gasteiger partial charge in [-0.1, -0.05) is 0 Å². The Morgan fingerprint density at radius 2 is 1.91 bits per heavy atom. The lowest BCUT2D eigenvalue weighted by Gasteiger charge is -2.23. The third-order valence-corrected chi connectivity index (χ3v) is 5.24. The topological polar surface area (TPSA) is 105 Å². The van der Waals surface area contributed by atoms with Gasteiger partial charge in [0.05, 0.1) is 28.9 Å². The van der Waals surface area contributed by atoms with Crippen molar-refractivity contribution >= 4 is 29.1 Å². The predicted octanol–water partition coefficient (Wildman–Crippen LogP) is 0.696. The molecule has 0 aliphatic carbocycles. The summed E-state index contributed by atoms with van der Waals surface area (Å²) in [5.74, 6) is -3.56. The third kappa shape index (κ3) is 2.48. The number of carboxylic acid groups (broad SMARTS) is 1. The van der Waals surface area contributed by atoms with Crippen LogP contribution in [0.4, 0.5) is 0 Å². The molecule has 1 aromatic heterocycles. The summed E-state index contributed by atoms with van der Waals surface area (Å²) in [5.41, 5.74) is 5.50. The first kappa shape index (κ1) is 15.0. The molecule has 8 heteroatoms. The van der Waals surface area contributed by atoms with E-state index in [2.05, 4.69) is 10.9 Å². The molecule has 2 saturated heterocycles. The fourth-order valence-electron chi connectivity index (χ4n) is 3.19. The summed E-state index contributed by atoms with van der Waals surface area (Å²) < 4.78 is 5.53. The second kappa shape index (κ2) is 5.69. The van der Waals surface area contributed by atoms with Gasteiger partial charge in [-0.15, -0.1) is 11.3 Å². The Labute approximate surface area is 130 Å². The lowest BCUT2D eigenvalue weighted by atomic mass is 9.79. The zero-order valence-corrected chi connectivity index (χ0v) is 12.7. The standard InChI is InChI=1S/C14H16N2O5S/c1-6-4-5-22-11(6)13(18)16-15-12(17)9-7-2-3-8(21-7)10(9)14(19)20/h4-5,7-10H,2-3H2,1H3,(H,15,17)(H,16,18)(H,19,20)/t7-,8-,9+,10-/m0/s1. The van der Waals surface area contributed by atoms with Gasteiger partial charge in [-0.25, -0.2) is 0 Å². The van der Waals surface area contributed by atoms with Crippen LogP contribution >= 0.6 is 11.3 Å². The normalized spacial score (nSPS) is 29.3. The predicted molar refractivity (Wildman–Crippen MR) is 77.2 cm³/mol. The van der Waals surface area contributed by atoms with Crippen molar-refractivity contribution in [2.45, 2.75) is 32.0 Å². The molecule has 3 N–H and O–H groups in total. The smallest absolute Gasteiger partial charge is 0.310 e. The van der Waals surface area contributed by atoms with Crippen LogP contribution < -0.4 is 10.9 Å². The molecular formula is C14H16N2O5S.